The molecule has 0 saturated heterocycles. The van der Waals surface area contributed by atoms with Crippen molar-refractivity contribution in [1.29, 1.82) is 0 Å². The molecule has 0 saturated carbocycles. The number of nitrogens with one attached hydrogen (secondary N) is 2. The molecule has 0 aliphatic carbocycles. The first-order chi connectivity index (χ1) is 14.0. The predicted molar refractivity (Wildman–Crippen MR) is 111 cm³/mol. The maximum absolute atomic E-state index is 12.8. The van der Waals surface area contributed by atoms with Crippen LogP contribution in [0.4, 0.5) is 5.69 Å². The van der Waals surface area contributed by atoms with Crippen LogP contribution in [0.2, 0.25) is 5.02 Å². The van der Waals surface area contributed by atoms with Gasteiger partial charge in [0.2, 0.25) is 11.5 Å². The highest BCUT2D eigenvalue weighted by molar-refractivity contribution is 6.30. The maximum Gasteiger partial charge on any atom is 0.341 e. The van der Waals surface area contributed by atoms with Gasteiger partial charge in [-0.1, -0.05) is 24.2 Å². The minimum atomic E-state index is -0.810. The number of pyridine rings is 1. The number of carbonyl (C=O) groups is 2. The van der Waals surface area contributed by atoms with Gasteiger partial charge in [-0.05, 0) is 43.3 Å². The fourth-order valence-electron chi connectivity index (χ4n) is 2.50. The summed E-state index contributed by atoms with van der Waals surface area (Å²) in [5.74, 6) is -1.67. The largest absolute Gasteiger partial charge is 0.462 e. The van der Waals surface area contributed by atoms with Crippen molar-refractivity contribution in [3.05, 3.63) is 77.3 Å². The molecule has 1 aromatic carbocycles. The molecular formula is C21H18ClN3O4. The number of hydrogen-bond acceptors (Lipinski definition) is 6. The monoisotopic (exact) mass is 411 g/mol. The number of fused-ring (bicyclic) bond motifs is 1. The third kappa shape index (κ3) is 4.83. The highest BCUT2D eigenvalue weighted by Gasteiger charge is 2.23. The Morgan fingerprint density at radius 3 is 2.90 bits per heavy atom. The number of aromatic nitrogens is 2. The van der Waals surface area contributed by atoms with Gasteiger partial charge in [0.1, 0.15) is 11.2 Å². The summed E-state index contributed by atoms with van der Waals surface area (Å²) in [7, 11) is 0. The lowest BCUT2D eigenvalue weighted by molar-refractivity contribution is -0.139. The van der Waals surface area contributed by atoms with Gasteiger partial charge in [-0.2, -0.15) is 0 Å². The van der Waals surface area contributed by atoms with Gasteiger partial charge in [0.05, 0.1) is 12.3 Å². The number of allylic oxidation sites excluding steroid dienone is 1. The van der Waals surface area contributed by atoms with E-state index in [9.17, 15) is 9.59 Å². The molecule has 0 fully saturated rings. The zero-order valence-electron chi connectivity index (χ0n) is 15.6. The summed E-state index contributed by atoms with van der Waals surface area (Å²) in [5, 5.41) is 1.28. The van der Waals surface area contributed by atoms with Crippen LogP contribution < -0.4 is 5.48 Å². The molecule has 2 heterocycles. The number of aromatic amines is 1. The number of carbonyl (C=O) groups excluding carboxylic acids is 2. The first-order valence-electron chi connectivity index (χ1n) is 8.72. The molecule has 7 nitrogen and oxygen atoms in total. The van der Waals surface area contributed by atoms with Crippen molar-refractivity contribution in [3.8, 4) is 0 Å². The van der Waals surface area contributed by atoms with Crippen molar-refractivity contribution >= 4 is 46.2 Å². The predicted octanol–water partition coefficient (Wildman–Crippen LogP) is 4.29. The smallest absolute Gasteiger partial charge is 0.341 e. The van der Waals surface area contributed by atoms with Crippen molar-refractivity contribution in [2.75, 3.05) is 12.1 Å². The molecule has 3 aromatic rings. The zero-order valence-corrected chi connectivity index (χ0v) is 16.3. The average Bonchev–Trinajstić information content (AvgIpc) is 3.13. The lowest BCUT2D eigenvalue weighted by Crippen LogP contribution is -2.19. The quantitative estimate of drug-likeness (QED) is 0.143. The number of ether oxygens (including phenoxy) is 1. The molecule has 3 rings (SSSR count). The Kier molecular flexibility index (Phi) is 6.31. The lowest BCUT2D eigenvalue weighted by atomic mass is 10.1. The van der Waals surface area contributed by atoms with Crippen LogP contribution in [0.3, 0.4) is 0 Å². The van der Waals surface area contributed by atoms with E-state index in [1.54, 1.807) is 49.6 Å². The first kappa shape index (κ1) is 20.2. The molecular weight excluding hydrogens is 394 g/mol. The SMILES string of the molecule is C=C(C(=O)OCC)C(=O)/C(=C/c1c[nH]c2ncccc12)ONc1cccc(Cl)c1. The summed E-state index contributed by atoms with van der Waals surface area (Å²) in [6, 6.07) is 10.4. The number of benzene rings is 1. The molecule has 0 spiro atoms. The number of halogens is 1. The lowest BCUT2D eigenvalue weighted by Gasteiger charge is -2.12. The van der Waals surface area contributed by atoms with Gasteiger partial charge in [0.15, 0.2) is 0 Å². The summed E-state index contributed by atoms with van der Waals surface area (Å²) >= 11 is 5.97. The Bertz CT molecular complexity index is 1100. The second kappa shape index (κ2) is 9.07. The van der Waals surface area contributed by atoms with E-state index in [2.05, 4.69) is 22.0 Å². The minimum Gasteiger partial charge on any atom is -0.462 e. The molecule has 0 bridgehead atoms. The molecule has 0 radical (unpaired) electrons. The van der Waals surface area contributed by atoms with Crippen molar-refractivity contribution in [2.45, 2.75) is 6.92 Å². The maximum atomic E-state index is 12.8. The molecule has 8 heteroatoms. The molecule has 29 heavy (non-hydrogen) atoms. The van der Waals surface area contributed by atoms with Gasteiger partial charge < -0.3 is 14.6 Å². The van der Waals surface area contributed by atoms with Gasteiger partial charge in [0.25, 0.3) is 0 Å². The minimum absolute atomic E-state index is 0.125. The second-order valence-corrected chi connectivity index (χ2v) is 6.33. The van der Waals surface area contributed by atoms with Crippen molar-refractivity contribution < 1.29 is 19.2 Å². The van der Waals surface area contributed by atoms with E-state index in [1.807, 2.05) is 6.07 Å². The number of rotatable bonds is 8. The van der Waals surface area contributed by atoms with E-state index < -0.39 is 11.8 Å². The number of esters is 1. The third-order valence-corrected chi connectivity index (χ3v) is 4.13. The van der Waals surface area contributed by atoms with Gasteiger partial charge in [0, 0.05) is 28.4 Å². The van der Waals surface area contributed by atoms with Gasteiger partial charge in [-0.3, -0.25) is 4.79 Å². The van der Waals surface area contributed by atoms with Crippen LogP contribution >= 0.6 is 11.6 Å². The molecule has 2 aromatic heterocycles. The number of H-pyrrole nitrogens is 1. The van der Waals surface area contributed by atoms with Crippen LogP contribution in [-0.4, -0.2) is 28.3 Å². The summed E-state index contributed by atoms with van der Waals surface area (Å²) in [6.45, 7) is 5.31. The van der Waals surface area contributed by atoms with Crippen molar-refractivity contribution in [1.82, 2.24) is 9.97 Å². The Morgan fingerprint density at radius 1 is 1.31 bits per heavy atom. The Balaban J connectivity index is 1.93. The number of anilines is 1. The number of nitrogens with zero attached hydrogens (tertiary/aromatic N) is 1. The third-order valence-electron chi connectivity index (χ3n) is 3.89. The number of hydrogen-bond donors (Lipinski definition) is 2. The molecule has 0 unspecified atom stereocenters. The fraction of sp³-hybridized carbons (Fsp3) is 0.0952. The highest BCUT2D eigenvalue weighted by atomic mass is 35.5. The Labute approximate surface area is 171 Å². The van der Waals surface area contributed by atoms with E-state index in [1.165, 1.54) is 6.08 Å². The first-order valence-corrected chi connectivity index (χ1v) is 9.10. The molecule has 148 valence electrons. The summed E-state index contributed by atoms with van der Waals surface area (Å²) < 4.78 is 4.86. The van der Waals surface area contributed by atoms with Gasteiger partial charge >= 0.3 is 5.97 Å². The highest BCUT2D eigenvalue weighted by Crippen LogP contribution is 2.22. The number of Topliss-reactive ketones (excluding diaryl/α,β-unsaturated/α-hetero) is 1. The van der Waals surface area contributed by atoms with E-state index in [0.717, 1.165) is 5.39 Å². The summed E-state index contributed by atoms with van der Waals surface area (Å²) in [4.78, 5) is 37.5. The summed E-state index contributed by atoms with van der Waals surface area (Å²) in [5.41, 5.74) is 4.15. The molecule has 0 aliphatic rings. The molecule has 2 N–H and O–H groups in total. The van der Waals surface area contributed by atoms with Crippen molar-refractivity contribution in [3.63, 3.8) is 0 Å². The Hall–Kier alpha value is -3.58. The molecule has 0 atom stereocenters. The topological polar surface area (TPSA) is 93.3 Å². The van der Waals surface area contributed by atoms with Gasteiger partial charge in [-0.15, -0.1) is 0 Å². The molecule has 0 aliphatic heterocycles. The molecule has 0 amide bonds. The van der Waals surface area contributed by atoms with Crippen LogP contribution in [0.1, 0.15) is 12.5 Å². The van der Waals surface area contributed by atoms with Gasteiger partial charge in [-0.25, -0.2) is 15.3 Å². The normalized spacial score (nSPS) is 11.2. The van der Waals surface area contributed by atoms with Crippen LogP contribution in [-0.2, 0) is 19.2 Å². The van der Waals surface area contributed by atoms with E-state index in [-0.39, 0.29) is 17.9 Å². The fourth-order valence-corrected chi connectivity index (χ4v) is 2.69. The average molecular weight is 412 g/mol. The van der Waals surface area contributed by atoms with Crippen LogP contribution in [0.25, 0.3) is 17.1 Å². The van der Waals surface area contributed by atoms with Crippen LogP contribution in [0.5, 0.6) is 0 Å². The van der Waals surface area contributed by atoms with Crippen molar-refractivity contribution in [2.24, 2.45) is 0 Å². The number of ketones is 1. The summed E-state index contributed by atoms with van der Waals surface area (Å²) in [6.07, 6.45) is 4.82. The van der Waals surface area contributed by atoms with E-state index in [4.69, 9.17) is 21.2 Å². The second-order valence-electron chi connectivity index (χ2n) is 5.89. The standard InChI is InChI=1S/C21H18ClN3O4/c1-3-28-21(27)13(2)19(26)18(29-25-16-7-4-6-15(22)11-16)10-14-12-24-20-17(14)8-5-9-23-20/h4-12,25H,2-3H2,1H3,(H,23,24)/b18-10-. The van der Waals surface area contributed by atoms with E-state index in [0.29, 0.717) is 21.9 Å². The zero-order chi connectivity index (χ0) is 20.8. The van der Waals surface area contributed by atoms with Crippen LogP contribution in [0, 0.1) is 0 Å². The van der Waals surface area contributed by atoms with Crippen LogP contribution in [0.15, 0.2) is 66.7 Å². The van der Waals surface area contributed by atoms with E-state index >= 15 is 0 Å². The Morgan fingerprint density at radius 2 is 2.14 bits per heavy atom.